The number of benzene rings is 1. The van der Waals surface area contributed by atoms with E-state index in [1.807, 2.05) is 6.07 Å². The molecule has 2 heterocycles. The van der Waals surface area contributed by atoms with E-state index >= 15 is 0 Å². The van der Waals surface area contributed by atoms with Gasteiger partial charge in [-0.1, -0.05) is 11.6 Å². The zero-order chi connectivity index (χ0) is 18.5. The number of H-pyrrole nitrogens is 1. The van der Waals surface area contributed by atoms with E-state index in [9.17, 15) is 13.5 Å². The Bertz CT molecular complexity index is 1140. The molecule has 134 valence electrons. The molecular formula is C16H14ClN5O3S. The van der Waals surface area contributed by atoms with Crippen LogP contribution >= 0.6 is 11.6 Å². The monoisotopic (exact) mass is 391 g/mol. The van der Waals surface area contributed by atoms with Crippen LogP contribution in [-0.4, -0.2) is 34.4 Å². The first-order valence-corrected chi connectivity index (χ1v) is 9.70. The van der Waals surface area contributed by atoms with Crippen molar-refractivity contribution in [3.63, 3.8) is 0 Å². The van der Waals surface area contributed by atoms with Gasteiger partial charge in [0.1, 0.15) is 11.0 Å². The minimum Gasteiger partial charge on any atom is -0.393 e. The van der Waals surface area contributed by atoms with Gasteiger partial charge in [0.15, 0.2) is 0 Å². The van der Waals surface area contributed by atoms with Crippen molar-refractivity contribution in [3.05, 3.63) is 41.3 Å². The topological polar surface area (TPSA) is 124 Å². The van der Waals surface area contributed by atoms with E-state index in [2.05, 4.69) is 14.8 Å². The fourth-order valence-corrected chi connectivity index (χ4v) is 4.29. The first kappa shape index (κ1) is 16.9. The summed E-state index contributed by atoms with van der Waals surface area (Å²) in [5.74, 6) is 0. The van der Waals surface area contributed by atoms with Gasteiger partial charge in [0.25, 0.3) is 10.0 Å². The molecule has 26 heavy (non-hydrogen) atoms. The normalized spacial score (nSPS) is 19.9. The second kappa shape index (κ2) is 6.02. The fraction of sp³-hybridized carbons (Fsp3) is 0.250. The molecule has 8 nitrogen and oxygen atoms in total. The number of halogens is 1. The molecule has 10 heteroatoms. The molecule has 3 aromatic rings. The van der Waals surface area contributed by atoms with Gasteiger partial charge >= 0.3 is 0 Å². The molecule has 0 radical (unpaired) electrons. The first-order valence-electron chi connectivity index (χ1n) is 7.84. The van der Waals surface area contributed by atoms with E-state index in [1.54, 1.807) is 4.68 Å². The van der Waals surface area contributed by atoms with E-state index in [-0.39, 0.29) is 22.7 Å². The summed E-state index contributed by atoms with van der Waals surface area (Å²) in [4.78, 5) is 2.91. The van der Waals surface area contributed by atoms with E-state index in [1.165, 1.54) is 30.7 Å². The Balaban J connectivity index is 1.67. The SMILES string of the molecule is N#Cc1c[nH]c2c(NS(=O)(=O)c3cnn([C@H]4C[C@@H](O)C4)c3)ccc(Cl)c12. The van der Waals surface area contributed by atoms with Crippen LogP contribution in [0.5, 0.6) is 0 Å². The lowest BCUT2D eigenvalue weighted by atomic mass is 9.90. The first-order chi connectivity index (χ1) is 12.4. The zero-order valence-corrected chi connectivity index (χ0v) is 14.9. The van der Waals surface area contributed by atoms with Crippen molar-refractivity contribution in [1.29, 1.82) is 5.26 Å². The highest BCUT2D eigenvalue weighted by Crippen LogP contribution is 2.34. The molecule has 0 bridgehead atoms. The van der Waals surface area contributed by atoms with Gasteiger partial charge in [-0.15, -0.1) is 0 Å². The summed E-state index contributed by atoms with van der Waals surface area (Å²) in [6.45, 7) is 0. The molecule has 1 saturated carbocycles. The van der Waals surface area contributed by atoms with Crippen molar-refractivity contribution in [2.75, 3.05) is 4.72 Å². The number of hydrogen-bond donors (Lipinski definition) is 3. The average Bonchev–Trinajstić information content (AvgIpc) is 3.22. The van der Waals surface area contributed by atoms with Gasteiger partial charge in [-0.05, 0) is 25.0 Å². The van der Waals surface area contributed by atoms with Crippen molar-refractivity contribution >= 4 is 38.2 Å². The number of sulfonamides is 1. The zero-order valence-electron chi connectivity index (χ0n) is 13.3. The van der Waals surface area contributed by atoms with Crippen LogP contribution in [0.1, 0.15) is 24.4 Å². The van der Waals surface area contributed by atoms with Gasteiger partial charge in [-0.2, -0.15) is 10.4 Å². The maximum atomic E-state index is 12.7. The molecule has 0 saturated heterocycles. The van der Waals surface area contributed by atoms with Crippen LogP contribution in [0, 0.1) is 11.3 Å². The van der Waals surface area contributed by atoms with E-state index in [0.29, 0.717) is 34.3 Å². The number of rotatable bonds is 4. The summed E-state index contributed by atoms with van der Waals surface area (Å²) in [5, 5.41) is 23.4. The maximum absolute atomic E-state index is 12.7. The fourth-order valence-electron chi connectivity index (χ4n) is 3.02. The van der Waals surface area contributed by atoms with E-state index < -0.39 is 10.0 Å². The maximum Gasteiger partial charge on any atom is 0.265 e. The third-order valence-corrected chi connectivity index (χ3v) is 6.14. The van der Waals surface area contributed by atoms with Crippen LogP contribution in [0.2, 0.25) is 5.02 Å². The number of aromatic nitrogens is 3. The van der Waals surface area contributed by atoms with Crippen LogP contribution in [-0.2, 0) is 10.0 Å². The van der Waals surface area contributed by atoms with Gasteiger partial charge < -0.3 is 10.1 Å². The molecule has 2 aromatic heterocycles. The Kier molecular flexibility index (Phi) is 3.91. The van der Waals surface area contributed by atoms with Gasteiger partial charge in [-0.3, -0.25) is 9.40 Å². The number of anilines is 1. The van der Waals surface area contributed by atoms with Gasteiger partial charge in [0, 0.05) is 17.8 Å². The van der Waals surface area contributed by atoms with Crippen molar-refractivity contribution in [1.82, 2.24) is 14.8 Å². The predicted molar refractivity (Wildman–Crippen MR) is 95.3 cm³/mol. The summed E-state index contributed by atoms with van der Waals surface area (Å²) < 4.78 is 29.4. The largest absolute Gasteiger partial charge is 0.393 e. The van der Waals surface area contributed by atoms with Crippen LogP contribution in [0.25, 0.3) is 10.9 Å². The molecule has 1 aliphatic carbocycles. The molecular weight excluding hydrogens is 378 g/mol. The molecule has 1 fully saturated rings. The predicted octanol–water partition coefficient (Wildman–Crippen LogP) is 2.39. The standard InChI is InChI=1S/C16H14ClN5O3S/c17-13-1-2-14(16-15(13)9(5-18)6-19-16)21-26(24,25)12-7-20-22(8-12)10-3-11(23)4-10/h1-2,6-8,10-11,19,21,23H,3-4H2/t10-,11+. The van der Waals surface area contributed by atoms with Crippen LogP contribution in [0.3, 0.4) is 0 Å². The molecule has 0 amide bonds. The number of nitrogens with zero attached hydrogens (tertiary/aromatic N) is 3. The minimum atomic E-state index is -3.87. The number of aromatic amines is 1. The Labute approximate surface area is 154 Å². The Morgan fingerprint density at radius 1 is 1.42 bits per heavy atom. The lowest BCUT2D eigenvalue weighted by Crippen LogP contribution is -2.31. The van der Waals surface area contributed by atoms with Crippen molar-refractivity contribution < 1.29 is 13.5 Å². The summed E-state index contributed by atoms with van der Waals surface area (Å²) in [7, 11) is -3.87. The summed E-state index contributed by atoms with van der Waals surface area (Å²) in [6.07, 6.45) is 4.97. The number of aliphatic hydroxyl groups excluding tert-OH is 1. The molecule has 0 aliphatic heterocycles. The molecule has 1 aliphatic rings. The molecule has 3 N–H and O–H groups in total. The highest BCUT2D eigenvalue weighted by molar-refractivity contribution is 7.92. The second-order valence-electron chi connectivity index (χ2n) is 6.20. The van der Waals surface area contributed by atoms with Crippen LogP contribution in [0.4, 0.5) is 5.69 Å². The average molecular weight is 392 g/mol. The smallest absolute Gasteiger partial charge is 0.265 e. The molecule has 0 unspecified atom stereocenters. The third-order valence-electron chi connectivity index (χ3n) is 4.50. The highest BCUT2D eigenvalue weighted by atomic mass is 35.5. The molecule has 4 rings (SSSR count). The summed E-state index contributed by atoms with van der Waals surface area (Å²) in [5.41, 5.74) is 1.06. The summed E-state index contributed by atoms with van der Waals surface area (Å²) >= 11 is 6.13. The number of nitriles is 1. The Morgan fingerprint density at radius 3 is 2.88 bits per heavy atom. The Morgan fingerprint density at radius 2 is 2.19 bits per heavy atom. The van der Waals surface area contributed by atoms with Gasteiger partial charge in [0.2, 0.25) is 0 Å². The van der Waals surface area contributed by atoms with Crippen molar-refractivity contribution in [2.24, 2.45) is 0 Å². The number of hydrogen-bond acceptors (Lipinski definition) is 5. The van der Waals surface area contributed by atoms with E-state index in [0.717, 1.165) is 0 Å². The second-order valence-corrected chi connectivity index (χ2v) is 8.29. The molecule has 1 aromatic carbocycles. The quantitative estimate of drug-likeness (QED) is 0.629. The molecule has 0 atom stereocenters. The molecule has 0 spiro atoms. The Hall–Kier alpha value is -2.54. The number of aliphatic hydroxyl groups is 1. The lowest BCUT2D eigenvalue weighted by Gasteiger charge is -2.31. The minimum absolute atomic E-state index is 0.0118. The van der Waals surface area contributed by atoms with Crippen LogP contribution in [0.15, 0.2) is 35.6 Å². The third kappa shape index (κ3) is 2.72. The van der Waals surface area contributed by atoms with E-state index in [4.69, 9.17) is 16.9 Å². The van der Waals surface area contributed by atoms with Crippen molar-refractivity contribution in [2.45, 2.75) is 29.9 Å². The summed E-state index contributed by atoms with van der Waals surface area (Å²) in [6, 6.07) is 5.10. The lowest BCUT2D eigenvalue weighted by molar-refractivity contribution is 0.0433. The highest BCUT2D eigenvalue weighted by Gasteiger charge is 2.30. The van der Waals surface area contributed by atoms with Gasteiger partial charge in [-0.25, -0.2) is 8.42 Å². The van der Waals surface area contributed by atoms with Crippen molar-refractivity contribution in [3.8, 4) is 6.07 Å². The van der Waals surface area contributed by atoms with Gasteiger partial charge in [0.05, 0.1) is 40.1 Å². The van der Waals surface area contributed by atoms with Crippen LogP contribution < -0.4 is 4.72 Å². The number of fused-ring (bicyclic) bond motifs is 1. The number of nitrogens with one attached hydrogen (secondary N) is 2.